The Morgan fingerprint density at radius 3 is 2.43 bits per heavy atom. The topological polar surface area (TPSA) is 50.4 Å². The van der Waals surface area contributed by atoms with Crippen LogP contribution in [0.2, 0.25) is 0 Å². The van der Waals surface area contributed by atoms with Gasteiger partial charge in [0, 0.05) is 18.7 Å². The third-order valence-electron chi connectivity index (χ3n) is 3.09. The summed E-state index contributed by atoms with van der Waals surface area (Å²) in [5.41, 5.74) is 0.601. The van der Waals surface area contributed by atoms with Gasteiger partial charge in [0.25, 0.3) is 5.91 Å². The molecule has 0 aliphatic rings. The number of para-hydroxylation sites is 1. The van der Waals surface area contributed by atoms with Crippen LogP contribution in [-0.4, -0.2) is 25.5 Å². The van der Waals surface area contributed by atoms with Gasteiger partial charge < -0.3 is 15.4 Å². The van der Waals surface area contributed by atoms with Crippen molar-refractivity contribution in [2.75, 3.05) is 19.6 Å². The van der Waals surface area contributed by atoms with E-state index in [0.29, 0.717) is 17.9 Å². The van der Waals surface area contributed by atoms with Gasteiger partial charge in [-0.25, -0.2) is 0 Å². The van der Waals surface area contributed by atoms with E-state index >= 15 is 0 Å². The Bertz CT molecular complexity index is 591. The van der Waals surface area contributed by atoms with Crippen molar-refractivity contribution >= 4 is 18.3 Å². The second kappa shape index (κ2) is 10.6. The van der Waals surface area contributed by atoms with Crippen molar-refractivity contribution in [1.29, 1.82) is 0 Å². The molecule has 5 heteroatoms. The summed E-state index contributed by atoms with van der Waals surface area (Å²) in [4.78, 5) is 12.1. The van der Waals surface area contributed by atoms with Gasteiger partial charge in [0.2, 0.25) is 0 Å². The van der Waals surface area contributed by atoms with Gasteiger partial charge in [0.15, 0.2) is 0 Å². The standard InChI is InChI=1S/C18H22N2O2.ClH/c1-2-11-19-12-13-20-18(21)15-7-6-10-17(14-15)22-16-8-4-3-5-9-16;/h3-10,14,19H,2,11-13H2,1H3,(H,20,21);1H. The Balaban J connectivity index is 0.00000264. The molecule has 1 amide bonds. The lowest BCUT2D eigenvalue weighted by atomic mass is 10.2. The number of halogens is 1. The molecule has 0 aliphatic heterocycles. The molecule has 124 valence electrons. The van der Waals surface area contributed by atoms with Gasteiger partial charge in [-0.15, -0.1) is 12.4 Å². The third kappa shape index (κ3) is 6.72. The molecular formula is C18H23ClN2O2. The van der Waals surface area contributed by atoms with Crippen LogP contribution in [0.1, 0.15) is 23.7 Å². The molecule has 0 heterocycles. The van der Waals surface area contributed by atoms with E-state index < -0.39 is 0 Å². The maximum Gasteiger partial charge on any atom is 0.251 e. The molecule has 2 N–H and O–H groups in total. The van der Waals surface area contributed by atoms with E-state index in [1.807, 2.05) is 42.5 Å². The first-order chi connectivity index (χ1) is 10.8. The van der Waals surface area contributed by atoms with Crippen LogP contribution in [0.4, 0.5) is 0 Å². The first-order valence-corrected chi connectivity index (χ1v) is 7.61. The third-order valence-corrected chi connectivity index (χ3v) is 3.09. The molecule has 0 aromatic heterocycles. The maximum atomic E-state index is 12.1. The van der Waals surface area contributed by atoms with Gasteiger partial charge >= 0.3 is 0 Å². The van der Waals surface area contributed by atoms with Crippen LogP contribution < -0.4 is 15.4 Å². The highest BCUT2D eigenvalue weighted by molar-refractivity contribution is 5.94. The fourth-order valence-corrected chi connectivity index (χ4v) is 1.99. The van der Waals surface area contributed by atoms with E-state index in [0.717, 1.165) is 25.3 Å². The number of nitrogens with one attached hydrogen (secondary N) is 2. The fourth-order valence-electron chi connectivity index (χ4n) is 1.99. The Morgan fingerprint density at radius 2 is 1.70 bits per heavy atom. The van der Waals surface area contributed by atoms with Crippen molar-refractivity contribution in [3.05, 3.63) is 60.2 Å². The van der Waals surface area contributed by atoms with Crippen LogP contribution in [0.15, 0.2) is 54.6 Å². The van der Waals surface area contributed by atoms with Crippen LogP contribution >= 0.6 is 12.4 Å². The summed E-state index contributed by atoms with van der Waals surface area (Å²) in [6.07, 6.45) is 1.09. The van der Waals surface area contributed by atoms with Crippen molar-refractivity contribution in [2.24, 2.45) is 0 Å². The summed E-state index contributed by atoms with van der Waals surface area (Å²) in [7, 11) is 0. The molecule has 0 saturated carbocycles. The second-order valence-electron chi connectivity index (χ2n) is 4.95. The molecule has 0 radical (unpaired) electrons. The molecule has 0 spiro atoms. The average Bonchev–Trinajstić information content (AvgIpc) is 2.56. The molecule has 4 nitrogen and oxygen atoms in total. The van der Waals surface area contributed by atoms with Gasteiger partial charge in [-0.05, 0) is 43.3 Å². The largest absolute Gasteiger partial charge is 0.457 e. The first-order valence-electron chi connectivity index (χ1n) is 7.61. The zero-order valence-electron chi connectivity index (χ0n) is 13.2. The highest BCUT2D eigenvalue weighted by Gasteiger charge is 2.06. The molecule has 0 atom stereocenters. The van der Waals surface area contributed by atoms with E-state index in [9.17, 15) is 4.79 Å². The van der Waals surface area contributed by atoms with E-state index in [1.54, 1.807) is 12.1 Å². The summed E-state index contributed by atoms with van der Waals surface area (Å²) in [5, 5.41) is 6.14. The summed E-state index contributed by atoms with van der Waals surface area (Å²) < 4.78 is 5.73. The number of hydrogen-bond acceptors (Lipinski definition) is 3. The average molecular weight is 335 g/mol. The second-order valence-corrected chi connectivity index (χ2v) is 4.95. The summed E-state index contributed by atoms with van der Waals surface area (Å²) in [5.74, 6) is 1.32. The Labute approximate surface area is 143 Å². The normalized spacial score (nSPS) is 9.78. The number of amides is 1. The number of benzene rings is 2. The Morgan fingerprint density at radius 1 is 0.957 bits per heavy atom. The van der Waals surface area contributed by atoms with Gasteiger partial charge in [-0.2, -0.15) is 0 Å². The molecule has 0 bridgehead atoms. The van der Waals surface area contributed by atoms with E-state index in [2.05, 4.69) is 17.6 Å². The zero-order valence-corrected chi connectivity index (χ0v) is 14.1. The monoisotopic (exact) mass is 334 g/mol. The number of carbonyl (C=O) groups is 1. The van der Waals surface area contributed by atoms with E-state index in [-0.39, 0.29) is 18.3 Å². The highest BCUT2D eigenvalue weighted by atomic mass is 35.5. The van der Waals surface area contributed by atoms with Crippen molar-refractivity contribution in [3.8, 4) is 11.5 Å². The predicted octanol–water partition coefficient (Wildman–Crippen LogP) is 3.63. The minimum atomic E-state index is -0.0863. The number of hydrogen-bond donors (Lipinski definition) is 2. The SMILES string of the molecule is CCCNCCNC(=O)c1cccc(Oc2ccccc2)c1.Cl. The van der Waals surface area contributed by atoms with Gasteiger partial charge in [0.05, 0.1) is 0 Å². The Hall–Kier alpha value is -2.04. The minimum Gasteiger partial charge on any atom is -0.457 e. The van der Waals surface area contributed by atoms with Gasteiger partial charge in [0.1, 0.15) is 11.5 Å². The summed E-state index contributed by atoms with van der Waals surface area (Å²) in [6, 6.07) is 16.7. The van der Waals surface area contributed by atoms with Crippen LogP contribution in [0.25, 0.3) is 0 Å². The molecule has 2 aromatic rings. The predicted molar refractivity (Wildman–Crippen MR) is 95.7 cm³/mol. The van der Waals surface area contributed by atoms with Crippen molar-refractivity contribution in [1.82, 2.24) is 10.6 Å². The molecule has 2 rings (SSSR count). The van der Waals surface area contributed by atoms with Gasteiger partial charge in [-0.3, -0.25) is 4.79 Å². The molecular weight excluding hydrogens is 312 g/mol. The fraction of sp³-hybridized carbons (Fsp3) is 0.278. The van der Waals surface area contributed by atoms with Crippen LogP contribution in [-0.2, 0) is 0 Å². The molecule has 2 aromatic carbocycles. The smallest absolute Gasteiger partial charge is 0.251 e. The quantitative estimate of drug-likeness (QED) is 0.725. The van der Waals surface area contributed by atoms with Crippen LogP contribution in [0.3, 0.4) is 0 Å². The summed E-state index contributed by atoms with van der Waals surface area (Å²) >= 11 is 0. The van der Waals surface area contributed by atoms with Crippen molar-refractivity contribution < 1.29 is 9.53 Å². The lowest BCUT2D eigenvalue weighted by Gasteiger charge is -2.09. The van der Waals surface area contributed by atoms with Crippen LogP contribution in [0, 0.1) is 0 Å². The molecule has 0 unspecified atom stereocenters. The maximum absolute atomic E-state index is 12.1. The molecule has 0 saturated heterocycles. The Kier molecular flexibility index (Phi) is 8.80. The molecule has 23 heavy (non-hydrogen) atoms. The van der Waals surface area contributed by atoms with E-state index in [4.69, 9.17) is 4.74 Å². The summed E-state index contributed by atoms with van der Waals surface area (Å²) in [6.45, 7) is 4.47. The van der Waals surface area contributed by atoms with Crippen molar-refractivity contribution in [3.63, 3.8) is 0 Å². The molecule has 0 fully saturated rings. The number of ether oxygens (including phenoxy) is 1. The van der Waals surface area contributed by atoms with E-state index in [1.165, 1.54) is 0 Å². The van der Waals surface area contributed by atoms with Gasteiger partial charge in [-0.1, -0.05) is 31.2 Å². The number of carbonyl (C=O) groups excluding carboxylic acids is 1. The number of rotatable bonds is 8. The van der Waals surface area contributed by atoms with Crippen LogP contribution in [0.5, 0.6) is 11.5 Å². The molecule has 0 aliphatic carbocycles. The minimum absolute atomic E-state index is 0. The lowest BCUT2D eigenvalue weighted by Crippen LogP contribution is -2.32. The zero-order chi connectivity index (χ0) is 15.6. The lowest BCUT2D eigenvalue weighted by molar-refractivity contribution is 0.0953. The highest BCUT2D eigenvalue weighted by Crippen LogP contribution is 2.21. The first kappa shape index (κ1) is 19.0. The van der Waals surface area contributed by atoms with Crippen molar-refractivity contribution in [2.45, 2.75) is 13.3 Å².